The Hall–Kier alpha value is -2.35. The fourth-order valence-electron chi connectivity index (χ4n) is 1.71. The van der Waals surface area contributed by atoms with Crippen LogP contribution < -0.4 is 10.2 Å². The van der Waals surface area contributed by atoms with Gasteiger partial charge in [-0.25, -0.2) is 5.43 Å². The maximum atomic E-state index is 12.6. The summed E-state index contributed by atoms with van der Waals surface area (Å²) in [7, 11) is 0. The molecule has 0 aliphatic rings. The van der Waals surface area contributed by atoms with Crippen molar-refractivity contribution < 1.29 is 22.7 Å². The predicted molar refractivity (Wildman–Crippen MR) is 86.8 cm³/mol. The molecule has 2 rings (SSSR count). The van der Waals surface area contributed by atoms with Crippen molar-refractivity contribution in [1.29, 1.82) is 0 Å². The molecule has 0 unspecified atom stereocenters. The number of hydrogen-bond donors (Lipinski definition) is 1. The molecule has 0 aliphatic heterocycles. The zero-order valence-electron chi connectivity index (χ0n) is 12.2. The molecule has 0 spiro atoms. The molecule has 1 amide bonds. The highest BCUT2D eigenvalue weighted by atomic mass is 79.9. The van der Waals surface area contributed by atoms with Crippen molar-refractivity contribution >= 4 is 28.1 Å². The number of amides is 1. The van der Waals surface area contributed by atoms with Crippen LogP contribution in [-0.4, -0.2) is 18.7 Å². The van der Waals surface area contributed by atoms with Crippen molar-refractivity contribution in [3.63, 3.8) is 0 Å². The summed E-state index contributed by atoms with van der Waals surface area (Å²) in [6.45, 7) is -0.267. The van der Waals surface area contributed by atoms with Crippen molar-refractivity contribution in [3.05, 3.63) is 64.1 Å². The number of halogens is 4. The van der Waals surface area contributed by atoms with Gasteiger partial charge >= 0.3 is 6.18 Å². The molecule has 0 aromatic heterocycles. The molecule has 0 aliphatic carbocycles. The quantitative estimate of drug-likeness (QED) is 0.609. The van der Waals surface area contributed by atoms with Gasteiger partial charge in [0.1, 0.15) is 5.75 Å². The Kier molecular flexibility index (Phi) is 5.97. The molecular formula is C16H12BrF3N2O2. The number of ether oxygens (including phenoxy) is 1. The Bertz CT molecular complexity index is 748. The molecule has 0 radical (unpaired) electrons. The Balaban J connectivity index is 1.86. The summed E-state index contributed by atoms with van der Waals surface area (Å²) in [5.74, 6) is -0.0282. The van der Waals surface area contributed by atoms with Crippen LogP contribution in [0.1, 0.15) is 11.1 Å². The van der Waals surface area contributed by atoms with Gasteiger partial charge < -0.3 is 4.74 Å². The van der Waals surface area contributed by atoms with E-state index in [0.717, 1.165) is 22.8 Å². The monoisotopic (exact) mass is 400 g/mol. The average Bonchev–Trinajstić information content (AvgIpc) is 2.52. The van der Waals surface area contributed by atoms with Crippen LogP contribution in [0.4, 0.5) is 13.2 Å². The van der Waals surface area contributed by atoms with Gasteiger partial charge in [-0.3, -0.25) is 4.79 Å². The topological polar surface area (TPSA) is 50.7 Å². The second-order valence-corrected chi connectivity index (χ2v) is 5.58. The van der Waals surface area contributed by atoms with Gasteiger partial charge in [-0.1, -0.05) is 34.1 Å². The van der Waals surface area contributed by atoms with Crippen molar-refractivity contribution in [3.8, 4) is 5.75 Å². The maximum absolute atomic E-state index is 12.6. The first kappa shape index (κ1) is 18.0. The van der Waals surface area contributed by atoms with Crippen LogP contribution in [0.15, 0.2) is 58.1 Å². The first-order chi connectivity index (χ1) is 11.3. The first-order valence-electron chi connectivity index (χ1n) is 6.72. The highest BCUT2D eigenvalue weighted by Crippen LogP contribution is 2.29. The minimum Gasteiger partial charge on any atom is -0.484 e. The SMILES string of the molecule is O=C(COc1cccc(Br)c1)N/N=C\c1cccc(C(F)(F)F)c1. The van der Waals surface area contributed by atoms with Gasteiger partial charge in [-0.05, 0) is 35.9 Å². The lowest BCUT2D eigenvalue weighted by Gasteiger charge is -2.06. The van der Waals surface area contributed by atoms with E-state index in [1.165, 1.54) is 12.1 Å². The Morgan fingerprint density at radius 3 is 2.67 bits per heavy atom. The lowest BCUT2D eigenvalue weighted by atomic mass is 10.1. The molecule has 0 fully saturated rings. The smallest absolute Gasteiger partial charge is 0.416 e. The van der Waals surface area contributed by atoms with E-state index in [4.69, 9.17) is 4.74 Å². The zero-order chi connectivity index (χ0) is 17.6. The number of carbonyl (C=O) groups is 1. The van der Waals surface area contributed by atoms with E-state index in [9.17, 15) is 18.0 Å². The largest absolute Gasteiger partial charge is 0.484 e. The van der Waals surface area contributed by atoms with E-state index in [-0.39, 0.29) is 12.2 Å². The third-order valence-electron chi connectivity index (χ3n) is 2.78. The Labute approximate surface area is 144 Å². The Morgan fingerprint density at radius 2 is 1.96 bits per heavy atom. The van der Waals surface area contributed by atoms with E-state index < -0.39 is 17.6 Å². The molecule has 8 heteroatoms. The molecule has 0 atom stereocenters. The van der Waals surface area contributed by atoms with Crippen molar-refractivity contribution in [2.75, 3.05) is 6.61 Å². The first-order valence-corrected chi connectivity index (χ1v) is 7.51. The third kappa shape index (κ3) is 5.69. The van der Waals surface area contributed by atoms with Crippen molar-refractivity contribution in [2.45, 2.75) is 6.18 Å². The van der Waals surface area contributed by atoms with Crippen LogP contribution in [0.5, 0.6) is 5.75 Å². The number of benzene rings is 2. The molecule has 24 heavy (non-hydrogen) atoms. The highest BCUT2D eigenvalue weighted by Gasteiger charge is 2.30. The summed E-state index contributed by atoms with van der Waals surface area (Å²) >= 11 is 3.27. The van der Waals surface area contributed by atoms with Gasteiger partial charge in [0.25, 0.3) is 5.91 Å². The molecule has 4 nitrogen and oxygen atoms in total. The summed E-state index contributed by atoms with van der Waals surface area (Å²) in [6, 6.07) is 11.6. The third-order valence-corrected chi connectivity index (χ3v) is 3.28. The van der Waals surface area contributed by atoms with E-state index in [0.29, 0.717) is 5.75 Å². The Morgan fingerprint density at radius 1 is 1.21 bits per heavy atom. The normalized spacial score (nSPS) is 11.5. The number of nitrogens with one attached hydrogen (secondary N) is 1. The molecule has 0 saturated heterocycles. The van der Waals surface area contributed by atoms with Gasteiger partial charge in [-0.2, -0.15) is 18.3 Å². The number of hydrazone groups is 1. The number of nitrogens with zero attached hydrogens (tertiary/aromatic N) is 1. The predicted octanol–water partition coefficient (Wildman–Crippen LogP) is 4.00. The second-order valence-electron chi connectivity index (χ2n) is 4.66. The molecule has 2 aromatic carbocycles. The maximum Gasteiger partial charge on any atom is 0.416 e. The van der Waals surface area contributed by atoms with Gasteiger partial charge in [0.15, 0.2) is 6.61 Å². The van der Waals surface area contributed by atoms with Gasteiger partial charge in [0, 0.05) is 4.47 Å². The summed E-state index contributed by atoms with van der Waals surface area (Å²) < 4.78 is 43.8. The van der Waals surface area contributed by atoms with Crippen molar-refractivity contribution in [1.82, 2.24) is 5.43 Å². The molecule has 0 bridgehead atoms. The fourth-order valence-corrected chi connectivity index (χ4v) is 2.09. The summed E-state index contributed by atoms with van der Waals surface area (Å²) in [5, 5.41) is 3.61. The van der Waals surface area contributed by atoms with E-state index in [1.807, 2.05) is 6.07 Å². The van der Waals surface area contributed by atoms with E-state index >= 15 is 0 Å². The van der Waals surface area contributed by atoms with Crippen LogP contribution in [-0.2, 0) is 11.0 Å². The minimum atomic E-state index is -4.43. The molecular weight excluding hydrogens is 389 g/mol. The second kappa shape index (κ2) is 7.96. The molecule has 126 valence electrons. The van der Waals surface area contributed by atoms with E-state index in [2.05, 4.69) is 26.5 Å². The van der Waals surface area contributed by atoms with Gasteiger partial charge in [-0.15, -0.1) is 0 Å². The number of carbonyl (C=O) groups excluding carboxylic acids is 1. The highest BCUT2D eigenvalue weighted by molar-refractivity contribution is 9.10. The van der Waals surface area contributed by atoms with Crippen LogP contribution >= 0.6 is 15.9 Å². The van der Waals surface area contributed by atoms with Crippen LogP contribution in [0.25, 0.3) is 0 Å². The summed E-state index contributed by atoms with van der Waals surface area (Å²) in [5.41, 5.74) is 1.63. The number of alkyl halides is 3. The standard InChI is InChI=1S/C16H12BrF3N2O2/c17-13-5-2-6-14(8-13)24-10-15(23)22-21-9-11-3-1-4-12(7-11)16(18,19)20/h1-9H,10H2,(H,22,23)/b21-9-. The lowest BCUT2D eigenvalue weighted by molar-refractivity contribution is -0.137. The molecule has 1 N–H and O–H groups in total. The average molecular weight is 401 g/mol. The molecule has 0 saturated carbocycles. The van der Waals surface area contributed by atoms with Gasteiger partial charge in [0.2, 0.25) is 0 Å². The fraction of sp³-hybridized carbons (Fsp3) is 0.125. The lowest BCUT2D eigenvalue weighted by Crippen LogP contribution is -2.24. The van der Waals surface area contributed by atoms with Crippen LogP contribution in [0, 0.1) is 0 Å². The van der Waals surface area contributed by atoms with Gasteiger partial charge in [0.05, 0.1) is 11.8 Å². The van der Waals surface area contributed by atoms with Crippen LogP contribution in [0.2, 0.25) is 0 Å². The van der Waals surface area contributed by atoms with Crippen LogP contribution in [0.3, 0.4) is 0 Å². The summed E-state index contributed by atoms with van der Waals surface area (Å²) in [4.78, 5) is 11.6. The molecule has 2 aromatic rings. The minimum absolute atomic E-state index is 0.220. The number of hydrogen-bond acceptors (Lipinski definition) is 3. The molecule has 0 heterocycles. The van der Waals surface area contributed by atoms with Crippen molar-refractivity contribution in [2.24, 2.45) is 5.10 Å². The summed E-state index contributed by atoms with van der Waals surface area (Å²) in [6.07, 6.45) is -3.29. The number of rotatable bonds is 5. The van der Waals surface area contributed by atoms with E-state index in [1.54, 1.807) is 18.2 Å². The zero-order valence-corrected chi connectivity index (χ0v) is 13.8.